The maximum atomic E-state index is 5.28. The Balaban J connectivity index is 1.84. The van der Waals surface area contributed by atoms with E-state index < -0.39 is 0 Å². The van der Waals surface area contributed by atoms with Crippen LogP contribution in [0, 0.1) is 0 Å². The zero-order valence-electron chi connectivity index (χ0n) is 12.0. The van der Waals surface area contributed by atoms with E-state index in [0.29, 0.717) is 0 Å². The van der Waals surface area contributed by atoms with Crippen LogP contribution in [-0.2, 0) is 19.4 Å². The van der Waals surface area contributed by atoms with E-state index in [9.17, 15) is 0 Å². The van der Waals surface area contributed by atoms with Crippen molar-refractivity contribution in [1.82, 2.24) is 9.97 Å². The van der Waals surface area contributed by atoms with E-state index in [-0.39, 0.29) is 0 Å². The van der Waals surface area contributed by atoms with Gasteiger partial charge in [-0.15, -0.1) is 0 Å². The Morgan fingerprint density at radius 2 is 2.15 bits per heavy atom. The first-order valence-electron chi connectivity index (χ1n) is 7.03. The van der Waals surface area contributed by atoms with Gasteiger partial charge >= 0.3 is 0 Å². The van der Waals surface area contributed by atoms with Gasteiger partial charge < -0.3 is 9.64 Å². The van der Waals surface area contributed by atoms with Crippen molar-refractivity contribution in [2.45, 2.75) is 26.3 Å². The Hall–Kier alpha value is -2.10. The van der Waals surface area contributed by atoms with Crippen molar-refractivity contribution in [1.29, 1.82) is 0 Å². The monoisotopic (exact) mass is 269 g/mol. The van der Waals surface area contributed by atoms with Crippen molar-refractivity contribution in [2.24, 2.45) is 0 Å². The van der Waals surface area contributed by atoms with Gasteiger partial charge in [0.05, 0.1) is 7.11 Å². The first-order chi connectivity index (χ1) is 9.80. The summed E-state index contributed by atoms with van der Waals surface area (Å²) in [5.41, 5.74) is 3.80. The third-order valence-electron chi connectivity index (χ3n) is 3.77. The molecule has 0 N–H and O–H groups in total. The summed E-state index contributed by atoms with van der Waals surface area (Å²) in [6, 6.07) is 8.28. The van der Waals surface area contributed by atoms with E-state index in [2.05, 4.69) is 33.9 Å². The zero-order valence-corrected chi connectivity index (χ0v) is 12.0. The second kappa shape index (κ2) is 5.49. The molecule has 1 aromatic carbocycles. The summed E-state index contributed by atoms with van der Waals surface area (Å²) in [7, 11) is 1.71. The summed E-state index contributed by atoms with van der Waals surface area (Å²) < 4.78 is 5.28. The van der Waals surface area contributed by atoms with Gasteiger partial charge in [0.15, 0.2) is 0 Å². The van der Waals surface area contributed by atoms with Gasteiger partial charge in [0.1, 0.15) is 5.75 Å². The van der Waals surface area contributed by atoms with Crippen LogP contribution in [0.2, 0.25) is 0 Å². The van der Waals surface area contributed by atoms with Gasteiger partial charge in [-0.3, -0.25) is 0 Å². The normalized spacial score (nSPS) is 14.0. The molecule has 1 aliphatic heterocycles. The Labute approximate surface area is 119 Å². The van der Waals surface area contributed by atoms with Crippen LogP contribution in [0.1, 0.15) is 23.7 Å². The average molecular weight is 269 g/mol. The molecule has 2 aromatic rings. The number of ether oxygens (including phenoxy) is 1. The van der Waals surface area contributed by atoms with Crippen molar-refractivity contribution in [2.75, 3.05) is 18.6 Å². The summed E-state index contributed by atoms with van der Waals surface area (Å²) in [6.07, 6.45) is 3.80. The lowest BCUT2D eigenvalue weighted by Gasteiger charge is -2.29. The number of aryl methyl sites for hydroxylation is 1. The van der Waals surface area contributed by atoms with Gasteiger partial charge in [0.2, 0.25) is 5.95 Å². The van der Waals surface area contributed by atoms with Crippen LogP contribution in [0.15, 0.2) is 30.5 Å². The molecule has 0 bridgehead atoms. The molecule has 20 heavy (non-hydrogen) atoms. The third kappa shape index (κ3) is 2.46. The topological polar surface area (TPSA) is 38.2 Å². The zero-order chi connectivity index (χ0) is 13.9. The number of hydrogen-bond donors (Lipinski definition) is 0. The molecular formula is C16H19N3O. The SMILES string of the molecule is CCc1ccnc(N2CCc3cc(OC)ccc3C2)n1. The van der Waals surface area contributed by atoms with Crippen molar-refractivity contribution in [3.63, 3.8) is 0 Å². The maximum Gasteiger partial charge on any atom is 0.225 e. The maximum absolute atomic E-state index is 5.28. The second-order valence-electron chi connectivity index (χ2n) is 5.01. The van der Waals surface area contributed by atoms with Gasteiger partial charge in [-0.25, -0.2) is 9.97 Å². The van der Waals surface area contributed by atoms with Crippen LogP contribution in [0.25, 0.3) is 0 Å². The second-order valence-corrected chi connectivity index (χ2v) is 5.01. The molecule has 0 aliphatic carbocycles. The predicted molar refractivity (Wildman–Crippen MR) is 79.2 cm³/mol. The van der Waals surface area contributed by atoms with E-state index in [1.165, 1.54) is 11.1 Å². The Kier molecular flexibility index (Phi) is 3.54. The Morgan fingerprint density at radius 3 is 2.95 bits per heavy atom. The minimum atomic E-state index is 0.839. The molecule has 0 saturated carbocycles. The lowest BCUT2D eigenvalue weighted by atomic mass is 10.00. The molecule has 0 unspecified atom stereocenters. The van der Waals surface area contributed by atoms with Crippen molar-refractivity contribution >= 4 is 5.95 Å². The largest absolute Gasteiger partial charge is 0.497 e. The minimum Gasteiger partial charge on any atom is -0.497 e. The fraction of sp³-hybridized carbons (Fsp3) is 0.375. The van der Waals surface area contributed by atoms with Crippen molar-refractivity contribution in [3.05, 3.63) is 47.3 Å². The van der Waals surface area contributed by atoms with Gasteiger partial charge in [0.25, 0.3) is 0 Å². The highest BCUT2D eigenvalue weighted by Crippen LogP contribution is 2.25. The van der Waals surface area contributed by atoms with Crippen LogP contribution in [-0.4, -0.2) is 23.6 Å². The fourth-order valence-electron chi connectivity index (χ4n) is 2.56. The summed E-state index contributed by atoms with van der Waals surface area (Å²) >= 11 is 0. The molecule has 0 spiro atoms. The van der Waals surface area contributed by atoms with E-state index in [1.807, 2.05) is 18.3 Å². The quantitative estimate of drug-likeness (QED) is 0.858. The van der Waals surface area contributed by atoms with E-state index >= 15 is 0 Å². The van der Waals surface area contributed by atoms with Crippen LogP contribution in [0.3, 0.4) is 0 Å². The Bertz CT molecular complexity index is 612. The third-order valence-corrected chi connectivity index (χ3v) is 3.77. The highest BCUT2D eigenvalue weighted by molar-refractivity contribution is 5.43. The van der Waals surface area contributed by atoms with Crippen LogP contribution >= 0.6 is 0 Å². The van der Waals surface area contributed by atoms with Crippen LogP contribution in [0.4, 0.5) is 5.95 Å². The summed E-state index contributed by atoms with van der Waals surface area (Å²) in [5, 5.41) is 0. The van der Waals surface area contributed by atoms with Crippen molar-refractivity contribution in [3.8, 4) is 5.75 Å². The molecule has 3 rings (SSSR count). The number of hydrogen-bond acceptors (Lipinski definition) is 4. The molecule has 1 aromatic heterocycles. The number of anilines is 1. The van der Waals surface area contributed by atoms with Gasteiger partial charge in [-0.2, -0.15) is 0 Å². The molecule has 2 heterocycles. The number of benzene rings is 1. The molecular weight excluding hydrogens is 250 g/mol. The molecule has 0 atom stereocenters. The number of methoxy groups -OCH3 is 1. The lowest BCUT2D eigenvalue weighted by molar-refractivity contribution is 0.413. The number of fused-ring (bicyclic) bond motifs is 1. The summed E-state index contributed by atoms with van der Waals surface area (Å²) in [6.45, 7) is 3.93. The van der Waals surface area contributed by atoms with E-state index in [0.717, 1.165) is 43.3 Å². The van der Waals surface area contributed by atoms with Crippen LogP contribution < -0.4 is 9.64 Å². The smallest absolute Gasteiger partial charge is 0.225 e. The Morgan fingerprint density at radius 1 is 1.25 bits per heavy atom. The first kappa shape index (κ1) is 12.9. The standard InChI is InChI=1S/C16H19N3O/c1-3-14-6-8-17-16(18-14)19-9-7-12-10-15(20-2)5-4-13(12)11-19/h4-6,8,10H,3,7,9,11H2,1-2H3. The van der Waals surface area contributed by atoms with E-state index in [1.54, 1.807) is 7.11 Å². The fourth-order valence-corrected chi connectivity index (χ4v) is 2.56. The van der Waals surface area contributed by atoms with Crippen molar-refractivity contribution < 1.29 is 4.74 Å². The van der Waals surface area contributed by atoms with Crippen LogP contribution in [0.5, 0.6) is 5.75 Å². The highest BCUT2D eigenvalue weighted by Gasteiger charge is 2.18. The number of nitrogens with zero attached hydrogens (tertiary/aromatic N) is 3. The summed E-state index contributed by atoms with van der Waals surface area (Å²) in [4.78, 5) is 11.3. The first-order valence-corrected chi connectivity index (χ1v) is 7.03. The minimum absolute atomic E-state index is 0.839. The van der Waals surface area contributed by atoms with Gasteiger partial charge in [-0.05, 0) is 42.2 Å². The molecule has 0 fully saturated rings. The highest BCUT2D eigenvalue weighted by atomic mass is 16.5. The molecule has 104 valence electrons. The van der Waals surface area contributed by atoms with Gasteiger partial charge in [0, 0.05) is 25.0 Å². The molecule has 0 amide bonds. The molecule has 4 heteroatoms. The number of rotatable bonds is 3. The predicted octanol–water partition coefficient (Wildman–Crippen LogP) is 2.61. The average Bonchev–Trinajstić information content (AvgIpc) is 2.54. The van der Waals surface area contributed by atoms with E-state index in [4.69, 9.17) is 4.74 Å². The lowest BCUT2D eigenvalue weighted by Crippen LogP contribution is -2.31. The molecule has 0 saturated heterocycles. The van der Waals surface area contributed by atoms with Gasteiger partial charge in [-0.1, -0.05) is 13.0 Å². The molecule has 0 radical (unpaired) electrons. The summed E-state index contributed by atoms with van der Waals surface area (Å²) in [5.74, 6) is 1.77. The molecule has 4 nitrogen and oxygen atoms in total. The number of aromatic nitrogens is 2. The molecule has 1 aliphatic rings.